The van der Waals surface area contributed by atoms with E-state index >= 15 is 0 Å². The molecular formula is C13H21N3OS. The van der Waals surface area contributed by atoms with Crippen LogP contribution < -0.4 is 4.90 Å². The Morgan fingerprint density at radius 2 is 2.00 bits per heavy atom. The Hall–Kier alpha value is -0.940. The summed E-state index contributed by atoms with van der Waals surface area (Å²) < 4.78 is 0. The summed E-state index contributed by atoms with van der Waals surface area (Å²) >= 11 is 1.54. The smallest absolute Gasteiger partial charge is 0.186 e. The van der Waals surface area contributed by atoms with Gasteiger partial charge in [0.1, 0.15) is 0 Å². The second kappa shape index (κ2) is 6.29. The molecule has 5 heteroatoms. The normalized spacial score (nSPS) is 17.1. The summed E-state index contributed by atoms with van der Waals surface area (Å²) in [5.74, 6) is 0. The fourth-order valence-electron chi connectivity index (χ4n) is 2.25. The number of piperazine rings is 1. The van der Waals surface area contributed by atoms with Gasteiger partial charge in [0.2, 0.25) is 0 Å². The van der Waals surface area contributed by atoms with Gasteiger partial charge in [-0.15, -0.1) is 0 Å². The quantitative estimate of drug-likeness (QED) is 0.765. The van der Waals surface area contributed by atoms with Gasteiger partial charge in [0.25, 0.3) is 0 Å². The van der Waals surface area contributed by atoms with Crippen LogP contribution in [-0.4, -0.2) is 48.9 Å². The lowest BCUT2D eigenvalue weighted by Crippen LogP contribution is -2.46. The van der Waals surface area contributed by atoms with Crippen LogP contribution in [0.3, 0.4) is 0 Å². The number of carbonyl (C=O) groups is 1. The minimum absolute atomic E-state index is 0.810. The third-order valence-corrected chi connectivity index (χ3v) is 4.48. The summed E-state index contributed by atoms with van der Waals surface area (Å²) in [4.78, 5) is 21.2. The Labute approximate surface area is 113 Å². The van der Waals surface area contributed by atoms with E-state index in [0.29, 0.717) is 0 Å². The zero-order valence-electron chi connectivity index (χ0n) is 11.2. The van der Waals surface area contributed by atoms with Gasteiger partial charge in [0.05, 0.1) is 10.6 Å². The molecule has 18 heavy (non-hydrogen) atoms. The van der Waals surface area contributed by atoms with Crippen molar-refractivity contribution in [1.29, 1.82) is 0 Å². The second-order valence-electron chi connectivity index (χ2n) is 4.60. The molecule has 0 N–H and O–H groups in total. The fraction of sp³-hybridized carbons (Fsp3) is 0.692. The van der Waals surface area contributed by atoms with Crippen molar-refractivity contribution in [3.63, 3.8) is 0 Å². The van der Waals surface area contributed by atoms with Crippen molar-refractivity contribution < 1.29 is 4.79 Å². The number of anilines is 1. The molecule has 0 aliphatic carbocycles. The standard InChI is InChI=1S/C13H21N3OS/c1-3-5-11-12(10-17)18-13(14-11)16-8-6-15(4-2)7-9-16/h10H,3-9H2,1-2H3. The first-order valence-electron chi connectivity index (χ1n) is 6.70. The predicted octanol–water partition coefficient (Wildman–Crippen LogP) is 2.05. The Balaban J connectivity index is 2.07. The van der Waals surface area contributed by atoms with Gasteiger partial charge in [-0.25, -0.2) is 4.98 Å². The molecule has 0 aromatic carbocycles. The largest absolute Gasteiger partial charge is 0.346 e. The van der Waals surface area contributed by atoms with E-state index in [0.717, 1.165) is 67.6 Å². The number of aldehydes is 1. The molecule has 1 aromatic heterocycles. The molecular weight excluding hydrogens is 246 g/mol. The lowest BCUT2D eigenvalue weighted by molar-refractivity contribution is 0.112. The number of thiazole rings is 1. The van der Waals surface area contributed by atoms with Gasteiger partial charge in [-0.05, 0) is 13.0 Å². The maximum absolute atomic E-state index is 11.0. The summed E-state index contributed by atoms with van der Waals surface area (Å²) in [6.07, 6.45) is 2.89. The first-order valence-corrected chi connectivity index (χ1v) is 7.52. The van der Waals surface area contributed by atoms with Crippen molar-refractivity contribution in [1.82, 2.24) is 9.88 Å². The molecule has 100 valence electrons. The van der Waals surface area contributed by atoms with Gasteiger partial charge >= 0.3 is 0 Å². The lowest BCUT2D eigenvalue weighted by atomic mass is 10.2. The number of aryl methyl sites for hydroxylation is 1. The number of nitrogens with zero attached hydrogens (tertiary/aromatic N) is 3. The van der Waals surface area contributed by atoms with Gasteiger partial charge in [-0.2, -0.15) is 0 Å². The Morgan fingerprint density at radius 1 is 1.28 bits per heavy atom. The Morgan fingerprint density at radius 3 is 2.56 bits per heavy atom. The van der Waals surface area contributed by atoms with Crippen LogP contribution in [0, 0.1) is 0 Å². The zero-order chi connectivity index (χ0) is 13.0. The summed E-state index contributed by atoms with van der Waals surface area (Å²) in [5, 5.41) is 1.02. The highest BCUT2D eigenvalue weighted by molar-refractivity contribution is 7.17. The molecule has 0 unspecified atom stereocenters. The van der Waals surface area contributed by atoms with E-state index < -0.39 is 0 Å². The third kappa shape index (κ3) is 2.90. The molecule has 1 aliphatic heterocycles. The Kier molecular flexibility index (Phi) is 4.72. The van der Waals surface area contributed by atoms with Gasteiger partial charge < -0.3 is 9.80 Å². The molecule has 0 amide bonds. The van der Waals surface area contributed by atoms with Crippen LogP contribution >= 0.6 is 11.3 Å². The molecule has 1 fully saturated rings. The minimum Gasteiger partial charge on any atom is -0.346 e. The summed E-state index contributed by atoms with van der Waals surface area (Å²) in [6.45, 7) is 9.66. The average molecular weight is 267 g/mol. The molecule has 4 nitrogen and oxygen atoms in total. The molecule has 2 rings (SSSR count). The molecule has 1 aromatic rings. The first kappa shape index (κ1) is 13.5. The number of likely N-dealkylation sites (N-methyl/N-ethyl adjacent to an activating group) is 1. The van der Waals surface area contributed by atoms with Crippen molar-refractivity contribution in [2.75, 3.05) is 37.6 Å². The van der Waals surface area contributed by atoms with Crippen LogP contribution in [0.25, 0.3) is 0 Å². The molecule has 1 aliphatic rings. The molecule has 0 atom stereocenters. The predicted molar refractivity (Wildman–Crippen MR) is 75.8 cm³/mol. The maximum Gasteiger partial charge on any atom is 0.186 e. The van der Waals surface area contributed by atoms with Crippen molar-refractivity contribution >= 4 is 22.8 Å². The highest BCUT2D eigenvalue weighted by Gasteiger charge is 2.20. The molecule has 0 radical (unpaired) electrons. The van der Waals surface area contributed by atoms with Crippen LogP contribution in [0.1, 0.15) is 35.6 Å². The summed E-state index contributed by atoms with van der Waals surface area (Å²) in [6, 6.07) is 0. The lowest BCUT2D eigenvalue weighted by Gasteiger charge is -2.33. The number of hydrogen-bond acceptors (Lipinski definition) is 5. The van der Waals surface area contributed by atoms with Gasteiger partial charge in [0, 0.05) is 26.2 Å². The van der Waals surface area contributed by atoms with Gasteiger partial charge in [-0.1, -0.05) is 31.6 Å². The highest BCUT2D eigenvalue weighted by atomic mass is 32.1. The molecule has 1 saturated heterocycles. The van der Waals surface area contributed by atoms with Crippen LogP contribution in [0.4, 0.5) is 5.13 Å². The maximum atomic E-state index is 11.0. The zero-order valence-corrected chi connectivity index (χ0v) is 12.0. The van der Waals surface area contributed by atoms with E-state index in [1.165, 1.54) is 0 Å². The molecule has 2 heterocycles. The van der Waals surface area contributed by atoms with E-state index in [-0.39, 0.29) is 0 Å². The van der Waals surface area contributed by atoms with Crippen LogP contribution in [0.2, 0.25) is 0 Å². The summed E-state index contributed by atoms with van der Waals surface area (Å²) in [5.41, 5.74) is 0.977. The van der Waals surface area contributed by atoms with Crippen molar-refractivity contribution in [2.24, 2.45) is 0 Å². The number of carbonyl (C=O) groups excluding carboxylic acids is 1. The molecule has 0 spiro atoms. The van der Waals surface area contributed by atoms with Gasteiger partial charge in [0.15, 0.2) is 11.4 Å². The van der Waals surface area contributed by atoms with Crippen molar-refractivity contribution in [2.45, 2.75) is 26.7 Å². The molecule has 0 saturated carbocycles. The van der Waals surface area contributed by atoms with Crippen LogP contribution in [0.15, 0.2) is 0 Å². The number of rotatable bonds is 5. The monoisotopic (exact) mass is 267 g/mol. The fourth-order valence-corrected chi connectivity index (χ4v) is 3.23. The summed E-state index contributed by atoms with van der Waals surface area (Å²) in [7, 11) is 0. The van der Waals surface area contributed by atoms with Gasteiger partial charge in [-0.3, -0.25) is 4.79 Å². The Bertz CT molecular complexity index is 397. The van der Waals surface area contributed by atoms with Crippen molar-refractivity contribution in [3.8, 4) is 0 Å². The first-order chi connectivity index (χ1) is 8.78. The van der Waals surface area contributed by atoms with Crippen molar-refractivity contribution in [3.05, 3.63) is 10.6 Å². The van der Waals surface area contributed by atoms with E-state index in [1.54, 1.807) is 11.3 Å². The molecule has 0 bridgehead atoms. The van der Waals surface area contributed by atoms with E-state index in [1.807, 2.05) is 0 Å². The van der Waals surface area contributed by atoms with E-state index in [2.05, 4.69) is 28.6 Å². The highest BCUT2D eigenvalue weighted by Crippen LogP contribution is 2.26. The van der Waals surface area contributed by atoms with Crippen LogP contribution in [0.5, 0.6) is 0 Å². The second-order valence-corrected chi connectivity index (χ2v) is 5.61. The number of hydrogen-bond donors (Lipinski definition) is 0. The van der Waals surface area contributed by atoms with E-state index in [9.17, 15) is 4.79 Å². The topological polar surface area (TPSA) is 36.4 Å². The SMILES string of the molecule is CCCc1nc(N2CCN(CC)CC2)sc1C=O. The van der Waals surface area contributed by atoms with E-state index in [4.69, 9.17) is 0 Å². The minimum atomic E-state index is 0.810. The number of aromatic nitrogens is 1. The average Bonchev–Trinajstić information content (AvgIpc) is 2.82. The van der Waals surface area contributed by atoms with Crippen LogP contribution in [-0.2, 0) is 6.42 Å². The third-order valence-electron chi connectivity index (χ3n) is 3.40.